The van der Waals surface area contributed by atoms with Crippen LogP contribution >= 0.6 is 11.6 Å². The molecule has 1 aromatic heterocycles. The van der Waals surface area contributed by atoms with Crippen molar-refractivity contribution in [1.82, 2.24) is 9.97 Å². The molecule has 90 valence electrons. The molecule has 1 aliphatic carbocycles. The van der Waals surface area contributed by atoms with Gasteiger partial charge in [-0.15, -0.1) is 0 Å². The summed E-state index contributed by atoms with van der Waals surface area (Å²) >= 11 is 5.89. The summed E-state index contributed by atoms with van der Waals surface area (Å²) in [7, 11) is 0. The standard InChI is InChI=1S/C11H12ClN3O2/c12-11-13-8-3-1-2-7(8)9(14-11)15-4-6(5-15)10(16)17/h6H,1-5H2,(H,16,17). The number of nitrogens with zero attached hydrogens (tertiary/aromatic N) is 3. The molecule has 0 atom stereocenters. The summed E-state index contributed by atoms with van der Waals surface area (Å²) in [6, 6.07) is 0. The van der Waals surface area contributed by atoms with E-state index in [1.165, 1.54) is 0 Å². The predicted octanol–water partition coefficient (Wildman–Crippen LogP) is 1.14. The third-order valence-corrected chi connectivity index (χ3v) is 3.58. The Morgan fingerprint density at radius 3 is 2.82 bits per heavy atom. The van der Waals surface area contributed by atoms with Crippen molar-refractivity contribution < 1.29 is 9.90 Å². The van der Waals surface area contributed by atoms with E-state index in [0.29, 0.717) is 13.1 Å². The van der Waals surface area contributed by atoms with Crippen LogP contribution < -0.4 is 4.90 Å². The van der Waals surface area contributed by atoms with Crippen LogP contribution in [0.3, 0.4) is 0 Å². The molecule has 0 amide bonds. The Balaban J connectivity index is 1.87. The molecule has 0 bridgehead atoms. The number of hydrogen-bond donors (Lipinski definition) is 1. The highest BCUT2D eigenvalue weighted by Gasteiger charge is 2.35. The van der Waals surface area contributed by atoms with E-state index >= 15 is 0 Å². The van der Waals surface area contributed by atoms with E-state index < -0.39 is 5.97 Å². The van der Waals surface area contributed by atoms with E-state index in [2.05, 4.69) is 9.97 Å². The van der Waals surface area contributed by atoms with Gasteiger partial charge in [-0.1, -0.05) is 0 Å². The van der Waals surface area contributed by atoms with Crippen LogP contribution in [0.5, 0.6) is 0 Å². The lowest BCUT2D eigenvalue weighted by Gasteiger charge is -2.38. The monoisotopic (exact) mass is 253 g/mol. The number of anilines is 1. The van der Waals surface area contributed by atoms with Gasteiger partial charge in [0.1, 0.15) is 5.82 Å². The number of aromatic nitrogens is 2. The Morgan fingerprint density at radius 2 is 2.12 bits per heavy atom. The summed E-state index contributed by atoms with van der Waals surface area (Å²) in [6.07, 6.45) is 2.99. The van der Waals surface area contributed by atoms with E-state index in [1.54, 1.807) is 0 Å². The van der Waals surface area contributed by atoms with E-state index in [4.69, 9.17) is 16.7 Å². The summed E-state index contributed by atoms with van der Waals surface area (Å²) < 4.78 is 0. The molecule has 2 aliphatic rings. The molecular formula is C11H12ClN3O2. The molecule has 1 saturated heterocycles. The van der Waals surface area contributed by atoms with E-state index in [1.807, 2.05) is 4.90 Å². The molecule has 0 saturated carbocycles. The van der Waals surface area contributed by atoms with Crippen molar-refractivity contribution in [3.63, 3.8) is 0 Å². The van der Waals surface area contributed by atoms with Crippen molar-refractivity contribution in [1.29, 1.82) is 0 Å². The first-order valence-corrected chi connectivity index (χ1v) is 6.06. The highest BCUT2D eigenvalue weighted by Crippen LogP contribution is 2.33. The van der Waals surface area contributed by atoms with Gasteiger partial charge in [-0.05, 0) is 30.9 Å². The molecule has 0 aromatic carbocycles. The van der Waals surface area contributed by atoms with Gasteiger partial charge in [-0.3, -0.25) is 4.79 Å². The largest absolute Gasteiger partial charge is 0.481 e. The minimum Gasteiger partial charge on any atom is -0.481 e. The first-order chi connectivity index (χ1) is 8.15. The van der Waals surface area contributed by atoms with E-state index in [9.17, 15) is 4.79 Å². The lowest BCUT2D eigenvalue weighted by Crippen LogP contribution is -2.51. The fourth-order valence-corrected chi connectivity index (χ4v) is 2.63. The first kappa shape index (κ1) is 10.8. The normalized spacial score (nSPS) is 19.0. The second kappa shape index (κ2) is 3.84. The van der Waals surface area contributed by atoms with E-state index in [0.717, 1.165) is 36.3 Å². The molecule has 2 heterocycles. The third kappa shape index (κ3) is 1.74. The fraction of sp³-hybridized carbons (Fsp3) is 0.545. The number of aryl methyl sites for hydroxylation is 1. The van der Waals surface area contributed by atoms with Crippen molar-refractivity contribution >= 4 is 23.4 Å². The Kier molecular flexibility index (Phi) is 2.43. The maximum absolute atomic E-state index is 10.8. The van der Waals surface area contributed by atoms with Crippen LogP contribution in [0.15, 0.2) is 0 Å². The maximum Gasteiger partial charge on any atom is 0.310 e. The molecule has 1 aromatic rings. The minimum atomic E-state index is -0.738. The van der Waals surface area contributed by atoms with Crippen molar-refractivity contribution in [2.24, 2.45) is 5.92 Å². The molecule has 0 unspecified atom stereocenters. The summed E-state index contributed by atoms with van der Waals surface area (Å²) in [5.74, 6) is -0.172. The fourth-order valence-electron chi connectivity index (χ4n) is 2.45. The average molecular weight is 254 g/mol. The van der Waals surface area contributed by atoms with Crippen LogP contribution in [-0.4, -0.2) is 34.1 Å². The zero-order valence-corrected chi connectivity index (χ0v) is 9.94. The quantitative estimate of drug-likeness (QED) is 0.801. The lowest BCUT2D eigenvalue weighted by molar-refractivity contribution is -0.142. The van der Waals surface area contributed by atoms with Gasteiger partial charge < -0.3 is 10.0 Å². The summed E-state index contributed by atoms with van der Waals surface area (Å²) in [5.41, 5.74) is 2.18. The molecule has 3 rings (SSSR count). The van der Waals surface area contributed by atoms with Gasteiger partial charge in [0.05, 0.1) is 11.6 Å². The van der Waals surface area contributed by atoms with Crippen molar-refractivity contribution in [2.75, 3.05) is 18.0 Å². The zero-order chi connectivity index (χ0) is 12.0. The smallest absolute Gasteiger partial charge is 0.310 e. The maximum atomic E-state index is 10.8. The van der Waals surface area contributed by atoms with Gasteiger partial charge in [0.15, 0.2) is 0 Å². The van der Waals surface area contributed by atoms with Crippen molar-refractivity contribution in [2.45, 2.75) is 19.3 Å². The molecule has 0 spiro atoms. The SMILES string of the molecule is O=C(O)C1CN(c2nc(Cl)nc3c2CCC3)C1. The molecule has 1 aliphatic heterocycles. The number of halogens is 1. The molecular weight excluding hydrogens is 242 g/mol. The number of hydrogen-bond acceptors (Lipinski definition) is 4. The lowest BCUT2D eigenvalue weighted by atomic mass is 10.00. The highest BCUT2D eigenvalue weighted by molar-refractivity contribution is 6.28. The summed E-state index contributed by atoms with van der Waals surface area (Å²) in [4.78, 5) is 21.2. The Labute approximate surface area is 103 Å². The molecule has 6 heteroatoms. The number of rotatable bonds is 2. The molecule has 5 nitrogen and oxygen atoms in total. The van der Waals surface area contributed by atoms with Crippen LogP contribution in [0.1, 0.15) is 17.7 Å². The number of fused-ring (bicyclic) bond motifs is 1. The number of carboxylic acids is 1. The Morgan fingerprint density at radius 1 is 1.35 bits per heavy atom. The van der Waals surface area contributed by atoms with Gasteiger partial charge in [-0.2, -0.15) is 0 Å². The van der Waals surface area contributed by atoms with Gasteiger partial charge >= 0.3 is 5.97 Å². The number of carbonyl (C=O) groups is 1. The average Bonchev–Trinajstić information content (AvgIpc) is 2.61. The number of aliphatic carboxylic acids is 1. The summed E-state index contributed by atoms with van der Waals surface area (Å²) in [6.45, 7) is 1.05. The van der Waals surface area contributed by atoms with Gasteiger partial charge in [0, 0.05) is 18.7 Å². The minimum absolute atomic E-state index is 0.263. The topological polar surface area (TPSA) is 66.3 Å². The van der Waals surface area contributed by atoms with Gasteiger partial charge in [-0.25, -0.2) is 9.97 Å². The molecule has 1 fully saturated rings. The van der Waals surface area contributed by atoms with Crippen LogP contribution in [0.25, 0.3) is 0 Å². The molecule has 1 N–H and O–H groups in total. The summed E-state index contributed by atoms with van der Waals surface area (Å²) in [5, 5.41) is 9.12. The molecule has 17 heavy (non-hydrogen) atoms. The van der Waals surface area contributed by atoms with Crippen molar-refractivity contribution in [3.8, 4) is 0 Å². The second-order valence-electron chi connectivity index (χ2n) is 4.54. The zero-order valence-electron chi connectivity index (χ0n) is 9.19. The van der Waals surface area contributed by atoms with Crippen LogP contribution in [-0.2, 0) is 17.6 Å². The van der Waals surface area contributed by atoms with Crippen LogP contribution in [0.4, 0.5) is 5.82 Å². The second-order valence-corrected chi connectivity index (χ2v) is 4.87. The highest BCUT2D eigenvalue weighted by atomic mass is 35.5. The number of carboxylic acid groups (broad SMARTS) is 1. The van der Waals surface area contributed by atoms with Crippen LogP contribution in [0.2, 0.25) is 5.28 Å². The molecule has 0 radical (unpaired) electrons. The van der Waals surface area contributed by atoms with E-state index in [-0.39, 0.29) is 11.2 Å². The van der Waals surface area contributed by atoms with Gasteiger partial charge in [0.25, 0.3) is 0 Å². The van der Waals surface area contributed by atoms with Crippen molar-refractivity contribution in [3.05, 3.63) is 16.5 Å². The Hall–Kier alpha value is -1.36. The van der Waals surface area contributed by atoms with Crippen LogP contribution in [0, 0.1) is 5.92 Å². The predicted molar refractivity (Wildman–Crippen MR) is 62.4 cm³/mol. The third-order valence-electron chi connectivity index (χ3n) is 3.41. The van der Waals surface area contributed by atoms with Gasteiger partial charge in [0.2, 0.25) is 5.28 Å². The Bertz CT molecular complexity index is 486. The first-order valence-electron chi connectivity index (χ1n) is 5.68.